The van der Waals surface area contributed by atoms with Gasteiger partial charge in [0.2, 0.25) is 0 Å². The fourth-order valence-electron chi connectivity index (χ4n) is 0.962. The number of alkyl halides is 1. The molecule has 0 saturated carbocycles. The number of hydrogen-bond donors (Lipinski definition) is 1. The first-order valence-corrected chi connectivity index (χ1v) is 3.64. The molecule has 1 saturated heterocycles. The van der Waals surface area contributed by atoms with Crippen molar-refractivity contribution in [3.05, 3.63) is 0 Å². The summed E-state index contributed by atoms with van der Waals surface area (Å²) in [4.78, 5) is 11.0. The Kier molecular flexibility index (Phi) is 2.81. The highest BCUT2D eigenvalue weighted by Gasteiger charge is 2.23. The third kappa shape index (κ3) is 1.77. The van der Waals surface area contributed by atoms with Crippen molar-refractivity contribution in [1.82, 2.24) is 5.32 Å². The van der Waals surface area contributed by atoms with Crippen molar-refractivity contribution in [2.45, 2.75) is 12.8 Å². The van der Waals surface area contributed by atoms with E-state index in [1.807, 2.05) is 0 Å². The number of halogens is 1. The van der Waals surface area contributed by atoms with Crippen LogP contribution in [0.5, 0.6) is 0 Å². The minimum Gasteiger partial charge on any atom is -0.315 e. The summed E-state index contributed by atoms with van der Waals surface area (Å²) in [7, 11) is 0. The lowest BCUT2D eigenvalue weighted by Gasteiger charge is -2.25. The number of ketones is 1. The van der Waals surface area contributed by atoms with E-state index in [0.717, 1.165) is 13.1 Å². The highest BCUT2D eigenvalue weighted by atomic mass is 19.1. The second-order valence-electron chi connectivity index (χ2n) is 2.61. The molecule has 0 radical (unpaired) electrons. The van der Waals surface area contributed by atoms with Crippen LogP contribution >= 0.6 is 0 Å². The lowest BCUT2D eigenvalue weighted by molar-refractivity contribution is -0.124. The van der Waals surface area contributed by atoms with Crippen molar-refractivity contribution in [3.8, 4) is 0 Å². The van der Waals surface area contributed by atoms with Crippen LogP contribution < -0.4 is 5.32 Å². The largest absolute Gasteiger partial charge is 0.315 e. The first kappa shape index (κ1) is 7.66. The van der Waals surface area contributed by atoms with Gasteiger partial charge in [-0.1, -0.05) is 0 Å². The average Bonchev–Trinajstić information content (AvgIpc) is 1.79. The summed E-state index contributed by atoms with van der Waals surface area (Å²) < 4.78 is 11.6. The van der Waals surface area contributed by atoms with Gasteiger partial charge in [-0.3, -0.25) is 9.18 Å². The van der Waals surface area contributed by atoms with Crippen molar-refractivity contribution in [1.29, 1.82) is 0 Å². The SMILES string of the molecule is O=C(CCCF)C1CNC1. The topological polar surface area (TPSA) is 29.1 Å². The molecule has 0 aromatic carbocycles. The van der Waals surface area contributed by atoms with Crippen LogP contribution in [0.3, 0.4) is 0 Å². The Morgan fingerprint density at radius 2 is 2.30 bits per heavy atom. The zero-order valence-electron chi connectivity index (χ0n) is 5.90. The third-order valence-corrected chi connectivity index (χ3v) is 1.79. The Bertz CT molecular complexity index is 123. The molecule has 1 aliphatic heterocycles. The molecule has 0 aliphatic carbocycles. The summed E-state index contributed by atoms with van der Waals surface area (Å²) in [5.74, 6) is 0.406. The summed E-state index contributed by atoms with van der Waals surface area (Å²) in [5.41, 5.74) is 0. The lowest BCUT2D eigenvalue weighted by Crippen LogP contribution is -2.46. The maximum Gasteiger partial charge on any atom is 0.138 e. The zero-order chi connectivity index (χ0) is 7.40. The minimum absolute atomic E-state index is 0.187. The molecule has 0 bridgehead atoms. The van der Waals surface area contributed by atoms with Gasteiger partial charge in [-0.25, -0.2) is 0 Å². The molecule has 10 heavy (non-hydrogen) atoms. The Balaban J connectivity index is 2.08. The number of Topliss-reactive ketones (excluding diaryl/α,β-unsaturated/α-hetero) is 1. The van der Waals surface area contributed by atoms with Crippen molar-refractivity contribution >= 4 is 5.78 Å². The van der Waals surface area contributed by atoms with Gasteiger partial charge in [0.15, 0.2) is 0 Å². The van der Waals surface area contributed by atoms with Crippen LogP contribution in [0, 0.1) is 5.92 Å². The molecule has 58 valence electrons. The zero-order valence-corrected chi connectivity index (χ0v) is 5.90. The van der Waals surface area contributed by atoms with Crippen LogP contribution in [-0.2, 0) is 4.79 Å². The Morgan fingerprint density at radius 3 is 2.70 bits per heavy atom. The van der Waals surface area contributed by atoms with Gasteiger partial charge in [0, 0.05) is 25.4 Å². The van der Waals surface area contributed by atoms with Crippen molar-refractivity contribution < 1.29 is 9.18 Å². The molecular weight excluding hydrogens is 133 g/mol. The Morgan fingerprint density at radius 1 is 1.60 bits per heavy atom. The highest BCUT2D eigenvalue weighted by molar-refractivity contribution is 5.82. The summed E-state index contributed by atoms with van der Waals surface area (Å²) in [6.07, 6.45) is 0.818. The van der Waals surface area contributed by atoms with Crippen LogP contribution in [0.4, 0.5) is 4.39 Å². The van der Waals surface area contributed by atoms with E-state index in [0.29, 0.717) is 12.8 Å². The molecule has 1 heterocycles. The Labute approximate surface area is 59.8 Å². The molecule has 0 spiro atoms. The fourth-order valence-corrected chi connectivity index (χ4v) is 0.962. The van der Waals surface area contributed by atoms with Gasteiger partial charge in [-0.15, -0.1) is 0 Å². The third-order valence-electron chi connectivity index (χ3n) is 1.79. The molecule has 2 nitrogen and oxygen atoms in total. The molecule has 1 rings (SSSR count). The van der Waals surface area contributed by atoms with Gasteiger partial charge in [-0.05, 0) is 6.42 Å². The second kappa shape index (κ2) is 3.66. The van der Waals surface area contributed by atoms with Gasteiger partial charge in [0.05, 0.1) is 6.67 Å². The summed E-state index contributed by atoms with van der Waals surface area (Å²) in [6.45, 7) is 1.22. The van der Waals surface area contributed by atoms with E-state index in [1.54, 1.807) is 0 Å². The molecular formula is C7H12FNO. The van der Waals surface area contributed by atoms with E-state index in [2.05, 4.69) is 5.32 Å². The second-order valence-corrected chi connectivity index (χ2v) is 2.61. The fraction of sp³-hybridized carbons (Fsp3) is 0.857. The standard InChI is InChI=1S/C7H12FNO/c8-3-1-2-7(10)6-4-9-5-6/h6,9H,1-5H2. The quantitative estimate of drug-likeness (QED) is 0.625. The smallest absolute Gasteiger partial charge is 0.138 e. The van der Waals surface area contributed by atoms with E-state index in [-0.39, 0.29) is 18.4 Å². The average molecular weight is 145 g/mol. The molecule has 0 atom stereocenters. The lowest BCUT2D eigenvalue weighted by atomic mass is 9.95. The number of rotatable bonds is 4. The van der Waals surface area contributed by atoms with Gasteiger partial charge in [-0.2, -0.15) is 0 Å². The summed E-state index contributed by atoms with van der Waals surface area (Å²) in [5, 5.41) is 3.00. The normalized spacial score (nSPS) is 18.5. The maximum atomic E-state index is 11.6. The van der Waals surface area contributed by atoms with Gasteiger partial charge < -0.3 is 5.32 Å². The number of nitrogens with one attached hydrogen (secondary N) is 1. The molecule has 0 aromatic heterocycles. The highest BCUT2D eigenvalue weighted by Crippen LogP contribution is 2.08. The van der Waals surface area contributed by atoms with E-state index in [1.165, 1.54) is 0 Å². The molecule has 0 unspecified atom stereocenters. The summed E-state index contributed by atoms with van der Waals surface area (Å²) >= 11 is 0. The van der Waals surface area contributed by atoms with Crippen molar-refractivity contribution in [2.75, 3.05) is 19.8 Å². The van der Waals surface area contributed by atoms with Crippen LogP contribution in [0.2, 0.25) is 0 Å². The van der Waals surface area contributed by atoms with Gasteiger partial charge in [0.1, 0.15) is 5.78 Å². The molecule has 0 aromatic rings. The van der Waals surface area contributed by atoms with E-state index >= 15 is 0 Å². The van der Waals surface area contributed by atoms with Crippen LogP contribution in [-0.4, -0.2) is 25.5 Å². The van der Waals surface area contributed by atoms with Gasteiger partial charge >= 0.3 is 0 Å². The summed E-state index contributed by atoms with van der Waals surface area (Å²) in [6, 6.07) is 0. The maximum absolute atomic E-state index is 11.6. The molecule has 1 fully saturated rings. The molecule has 1 aliphatic rings. The number of carbonyl (C=O) groups is 1. The van der Waals surface area contributed by atoms with E-state index in [9.17, 15) is 9.18 Å². The monoisotopic (exact) mass is 145 g/mol. The van der Waals surface area contributed by atoms with Crippen molar-refractivity contribution in [3.63, 3.8) is 0 Å². The first-order chi connectivity index (χ1) is 4.84. The minimum atomic E-state index is -0.369. The predicted octanol–water partition coefficient (Wildman–Crippen LogP) is 0.525. The van der Waals surface area contributed by atoms with Crippen LogP contribution in [0.15, 0.2) is 0 Å². The predicted molar refractivity (Wildman–Crippen MR) is 36.6 cm³/mol. The molecule has 0 amide bonds. The number of carbonyl (C=O) groups excluding carboxylic acids is 1. The van der Waals surface area contributed by atoms with Crippen LogP contribution in [0.25, 0.3) is 0 Å². The van der Waals surface area contributed by atoms with E-state index < -0.39 is 0 Å². The first-order valence-electron chi connectivity index (χ1n) is 3.64. The van der Waals surface area contributed by atoms with E-state index in [4.69, 9.17) is 0 Å². The van der Waals surface area contributed by atoms with Crippen LogP contribution in [0.1, 0.15) is 12.8 Å². The Hall–Kier alpha value is -0.440. The molecule has 3 heteroatoms. The van der Waals surface area contributed by atoms with Crippen molar-refractivity contribution in [2.24, 2.45) is 5.92 Å². The number of hydrogen-bond acceptors (Lipinski definition) is 2. The van der Waals surface area contributed by atoms with Gasteiger partial charge in [0.25, 0.3) is 0 Å². The molecule has 1 N–H and O–H groups in total.